The van der Waals surface area contributed by atoms with Crippen LogP contribution in [0.5, 0.6) is 0 Å². The molecule has 0 saturated carbocycles. The van der Waals surface area contributed by atoms with Gasteiger partial charge in [0.2, 0.25) is 5.91 Å². The second kappa shape index (κ2) is 5.85. The van der Waals surface area contributed by atoms with Crippen LogP contribution >= 0.6 is 0 Å². The number of nitrogens with one attached hydrogen (secondary N) is 1. The van der Waals surface area contributed by atoms with Crippen LogP contribution in [-0.2, 0) is 4.79 Å². The van der Waals surface area contributed by atoms with E-state index < -0.39 is 12.6 Å². The van der Waals surface area contributed by atoms with Gasteiger partial charge in [-0.15, -0.1) is 0 Å². The van der Waals surface area contributed by atoms with Crippen molar-refractivity contribution >= 4 is 5.91 Å². The monoisotopic (exact) mass is 212 g/mol. The van der Waals surface area contributed by atoms with E-state index in [0.29, 0.717) is 0 Å². The Kier molecular flexibility index (Phi) is 5.52. The Morgan fingerprint density at radius 1 is 1.43 bits per heavy atom. The molecule has 1 saturated heterocycles. The Bertz CT molecular complexity index is 182. The van der Waals surface area contributed by atoms with Crippen molar-refractivity contribution in [3.63, 3.8) is 0 Å². The number of carbonyl (C=O) groups excluding carboxylic acids is 1. The standard InChI is InChI=1S/C6H9F3N2O.C2H6/c7-6(8,9)1-2-11-4-10-3-5(11)12;1-2/h10H,1-4H2;1-2H3. The first-order valence-electron chi connectivity index (χ1n) is 4.54. The molecule has 0 radical (unpaired) electrons. The van der Waals surface area contributed by atoms with E-state index >= 15 is 0 Å². The molecule has 0 bridgehead atoms. The van der Waals surface area contributed by atoms with Crippen LogP contribution in [0.1, 0.15) is 20.3 Å². The molecule has 3 nitrogen and oxygen atoms in total. The predicted octanol–water partition coefficient (Wildman–Crippen LogP) is 1.35. The third-order valence-electron chi connectivity index (χ3n) is 1.60. The van der Waals surface area contributed by atoms with E-state index in [1.54, 1.807) is 0 Å². The zero-order chi connectivity index (χ0) is 11.2. The molecule has 1 amide bonds. The van der Waals surface area contributed by atoms with Gasteiger partial charge in [0.1, 0.15) is 0 Å². The van der Waals surface area contributed by atoms with E-state index in [0.717, 1.165) is 4.90 Å². The summed E-state index contributed by atoms with van der Waals surface area (Å²) < 4.78 is 35.0. The van der Waals surface area contributed by atoms with Gasteiger partial charge in [0, 0.05) is 6.54 Å². The Balaban J connectivity index is 0.000000791. The van der Waals surface area contributed by atoms with Crippen molar-refractivity contribution in [1.29, 1.82) is 0 Å². The van der Waals surface area contributed by atoms with Gasteiger partial charge in [0.15, 0.2) is 0 Å². The smallest absolute Gasteiger partial charge is 0.328 e. The molecular weight excluding hydrogens is 197 g/mol. The summed E-state index contributed by atoms with van der Waals surface area (Å²) in [4.78, 5) is 11.9. The molecule has 84 valence electrons. The van der Waals surface area contributed by atoms with E-state index in [2.05, 4.69) is 5.32 Å². The van der Waals surface area contributed by atoms with Crippen LogP contribution in [0.25, 0.3) is 0 Å². The number of alkyl halides is 3. The average Bonchev–Trinajstić information content (AvgIpc) is 2.50. The first-order valence-corrected chi connectivity index (χ1v) is 4.54. The molecular formula is C8H15F3N2O. The summed E-state index contributed by atoms with van der Waals surface area (Å²) in [6.45, 7) is 4.14. The summed E-state index contributed by atoms with van der Waals surface area (Å²) in [5, 5.41) is 2.67. The topological polar surface area (TPSA) is 32.3 Å². The molecule has 0 atom stereocenters. The van der Waals surface area contributed by atoms with Crippen LogP contribution in [0.3, 0.4) is 0 Å². The summed E-state index contributed by atoms with van der Waals surface area (Å²) in [6, 6.07) is 0. The molecule has 14 heavy (non-hydrogen) atoms. The van der Waals surface area contributed by atoms with Crippen molar-refractivity contribution in [3.05, 3.63) is 0 Å². The largest absolute Gasteiger partial charge is 0.390 e. The third kappa shape index (κ3) is 5.06. The first kappa shape index (κ1) is 13.2. The maximum atomic E-state index is 11.7. The summed E-state index contributed by atoms with van der Waals surface area (Å²) in [7, 11) is 0. The summed E-state index contributed by atoms with van der Waals surface area (Å²) in [6.07, 6.45) is -5.11. The lowest BCUT2D eigenvalue weighted by atomic mass is 10.4. The van der Waals surface area contributed by atoms with Crippen molar-refractivity contribution in [2.24, 2.45) is 0 Å². The van der Waals surface area contributed by atoms with Crippen LogP contribution in [-0.4, -0.2) is 36.7 Å². The molecule has 0 aromatic rings. The highest BCUT2D eigenvalue weighted by molar-refractivity contribution is 5.79. The van der Waals surface area contributed by atoms with Crippen LogP contribution < -0.4 is 5.32 Å². The molecule has 0 aromatic carbocycles. The number of hydrogen-bond donors (Lipinski definition) is 1. The van der Waals surface area contributed by atoms with Crippen LogP contribution in [0.2, 0.25) is 0 Å². The second-order valence-electron chi connectivity index (χ2n) is 2.61. The number of carbonyl (C=O) groups is 1. The third-order valence-corrected chi connectivity index (χ3v) is 1.60. The quantitative estimate of drug-likeness (QED) is 0.749. The van der Waals surface area contributed by atoms with Gasteiger partial charge in [0.25, 0.3) is 0 Å². The Morgan fingerprint density at radius 2 is 2.00 bits per heavy atom. The van der Waals surface area contributed by atoms with Gasteiger partial charge in [-0.05, 0) is 0 Å². The number of hydrogen-bond acceptors (Lipinski definition) is 2. The summed E-state index contributed by atoms with van der Waals surface area (Å²) in [5.41, 5.74) is 0. The van der Waals surface area contributed by atoms with Gasteiger partial charge in [-0.1, -0.05) is 13.8 Å². The molecule has 1 rings (SSSR count). The first-order chi connectivity index (χ1) is 6.49. The molecule has 0 aliphatic carbocycles. The van der Waals surface area contributed by atoms with E-state index in [4.69, 9.17) is 0 Å². The number of halogens is 3. The van der Waals surface area contributed by atoms with E-state index in [1.807, 2.05) is 13.8 Å². The highest BCUT2D eigenvalue weighted by Gasteiger charge is 2.30. The highest BCUT2D eigenvalue weighted by atomic mass is 19.4. The molecule has 0 spiro atoms. The van der Waals surface area contributed by atoms with Gasteiger partial charge in [-0.2, -0.15) is 13.2 Å². The number of nitrogens with zero attached hydrogens (tertiary/aromatic N) is 1. The predicted molar refractivity (Wildman–Crippen MR) is 46.6 cm³/mol. The minimum absolute atomic E-state index is 0.151. The van der Waals surface area contributed by atoms with Gasteiger partial charge in [0.05, 0.1) is 19.6 Å². The Hall–Kier alpha value is -0.780. The average molecular weight is 212 g/mol. The van der Waals surface area contributed by atoms with E-state index in [1.165, 1.54) is 0 Å². The minimum atomic E-state index is -4.18. The molecule has 1 fully saturated rings. The zero-order valence-electron chi connectivity index (χ0n) is 8.32. The van der Waals surface area contributed by atoms with Gasteiger partial charge in [-0.3, -0.25) is 10.1 Å². The normalized spacial score (nSPS) is 16.6. The fourth-order valence-electron chi connectivity index (χ4n) is 0.963. The Morgan fingerprint density at radius 3 is 2.36 bits per heavy atom. The highest BCUT2D eigenvalue weighted by Crippen LogP contribution is 2.19. The number of amides is 1. The lowest BCUT2D eigenvalue weighted by Gasteiger charge is -2.15. The van der Waals surface area contributed by atoms with Crippen molar-refractivity contribution in [2.45, 2.75) is 26.4 Å². The van der Waals surface area contributed by atoms with Gasteiger partial charge < -0.3 is 4.90 Å². The fraction of sp³-hybridized carbons (Fsp3) is 0.875. The minimum Gasteiger partial charge on any atom is -0.328 e. The maximum absolute atomic E-state index is 11.7. The maximum Gasteiger partial charge on any atom is 0.390 e. The van der Waals surface area contributed by atoms with E-state index in [9.17, 15) is 18.0 Å². The van der Waals surface area contributed by atoms with Crippen molar-refractivity contribution in [3.8, 4) is 0 Å². The lowest BCUT2D eigenvalue weighted by Crippen LogP contribution is -2.30. The lowest BCUT2D eigenvalue weighted by molar-refractivity contribution is -0.142. The van der Waals surface area contributed by atoms with Gasteiger partial charge >= 0.3 is 6.18 Å². The SMILES string of the molecule is CC.O=C1CNCN1CCC(F)(F)F. The molecule has 1 heterocycles. The van der Waals surface area contributed by atoms with Crippen LogP contribution in [0.4, 0.5) is 13.2 Å². The molecule has 1 aliphatic rings. The summed E-state index contributed by atoms with van der Waals surface area (Å²) >= 11 is 0. The second-order valence-corrected chi connectivity index (χ2v) is 2.61. The van der Waals surface area contributed by atoms with E-state index in [-0.39, 0.29) is 25.7 Å². The fourth-order valence-corrected chi connectivity index (χ4v) is 0.963. The Labute approximate surface area is 81.3 Å². The van der Waals surface area contributed by atoms with Crippen LogP contribution in [0.15, 0.2) is 0 Å². The summed E-state index contributed by atoms with van der Waals surface area (Å²) in [5.74, 6) is -0.265. The zero-order valence-corrected chi connectivity index (χ0v) is 8.32. The molecule has 0 aromatic heterocycles. The van der Waals surface area contributed by atoms with Gasteiger partial charge in [-0.25, -0.2) is 0 Å². The van der Waals surface area contributed by atoms with Crippen molar-refractivity contribution in [2.75, 3.05) is 19.8 Å². The number of rotatable bonds is 2. The van der Waals surface area contributed by atoms with Crippen LogP contribution in [0, 0.1) is 0 Å². The molecule has 6 heteroatoms. The van der Waals surface area contributed by atoms with Crippen molar-refractivity contribution in [1.82, 2.24) is 10.2 Å². The molecule has 1 aliphatic heterocycles. The molecule has 1 N–H and O–H groups in total. The van der Waals surface area contributed by atoms with Crippen molar-refractivity contribution < 1.29 is 18.0 Å². The molecule has 0 unspecified atom stereocenters.